The van der Waals surface area contributed by atoms with E-state index in [4.69, 9.17) is 0 Å². The van der Waals surface area contributed by atoms with Gasteiger partial charge in [0.25, 0.3) is 0 Å². The van der Waals surface area contributed by atoms with E-state index in [9.17, 15) is 4.79 Å². The largest absolute Gasteiger partial charge is 0.294 e. The van der Waals surface area contributed by atoms with E-state index in [1.807, 2.05) is 48.5 Å². The van der Waals surface area contributed by atoms with Crippen LogP contribution in [0, 0.1) is 5.92 Å². The third-order valence-corrected chi connectivity index (χ3v) is 6.21. The van der Waals surface area contributed by atoms with Crippen LogP contribution in [0.1, 0.15) is 33.0 Å². The van der Waals surface area contributed by atoms with Gasteiger partial charge in [-0.1, -0.05) is 121 Å². The van der Waals surface area contributed by atoms with Crippen LogP contribution in [0.15, 0.2) is 121 Å². The van der Waals surface area contributed by atoms with Gasteiger partial charge in [0.05, 0.1) is 0 Å². The van der Waals surface area contributed by atoms with Crippen molar-refractivity contribution < 1.29 is 4.79 Å². The van der Waals surface area contributed by atoms with Crippen LogP contribution in [0.25, 0.3) is 0 Å². The Kier molecular flexibility index (Phi) is 4.37. The summed E-state index contributed by atoms with van der Waals surface area (Å²) < 4.78 is 0. The van der Waals surface area contributed by atoms with Crippen LogP contribution < -0.4 is 0 Å². The molecule has 29 heavy (non-hydrogen) atoms. The van der Waals surface area contributed by atoms with E-state index in [1.165, 1.54) is 16.7 Å². The Balaban J connectivity index is 1.73. The average molecular weight is 374 g/mol. The van der Waals surface area contributed by atoms with Gasteiger partial charge >= 0.3 is 0 Å². The van der Waals surface area contributed by atoms with E-state index >= 15 is 0 Å². The van der Waals surface area contributed by atoms with Gasteiger partial charge in [-0.25, -0.2) is 0 Å². The highest BCUT2D eigenvalue weighted by Gasteiger charge is 2.69. The summed E-state index contributed by atoms with van der Waals surface area (Å²) in [5, 5.41) is 0. The van der Waals surface area contributed by atoms with E-state index < -0.39 is 0 Å². The number of hydrogen-bond acceptors (Lipinski definition) is 1. The molecular formula is C28H22O. The van der Waals surface area contributed by atoms with Gasteiger partial charge in [-0.15, -0.1) is 0 Å². The predicted molar refractivity (Wildman–Crippen MR) is 117 cm³/mol. The molecular weight excluding hydrogens is 352 g/mol. The summed E-state index contributed by atoms with van der Waals surface area (Å²) in [6.07, 6.45) is 0. The summed E-state index contributed by atoms with van der Waals surface area (Å²) in [6, 6.07) is 41.2. The predicted octanol–water partition coefficient (Wildman–Crippen LogP) is 6.27. The molecule has 0 bridgehead atoms. The fourth-order valence-corrected chi connectivity index (χ4v) is 4.96. The molecule has 1 aliphatic rings. The summed E-state index contributed by atoms with van der Waals surface area (Å²) in [7, 11) is 0. The van der Waals surface area contributed by atoms with Crippen molar-refractivity contribution in [3.05, 3.63) is 144 Å². The number of rotatable bonds is 5. The highest BCUT2D eigenvalue weighted by atomic mass is 16.1. The van der Waals surface area contributed by atoms with Crippen molar-refractivity contribution in [1.29, 1.82) is 0 Å². The van der Waals surface area contributed by atoms with E-state index in [2.05, 4.69) is 72.8 Å². The van der Waals surface area contributed by atoms with Gasteiger partial charge in [0, 0.05) is 22.8 Å². The van der Waals surface area contributed by atoms with Crippen molar-refractivity contribution >= 4 is 5.78 Å². The van der Waals surface area contributed by atoms with Gasteiger partial charge in [-0.3, -0.25) is 4.79 Å². The highest BCUT2D eigenvalue weighted by molar-refractivity contribution is 6.03. The third-order valence-electron chi connectivity index (χ3n) is 6.21. The van der Waals surface area contributed by atoms with Gasteiger partial charge in [0.1, 0.15) is 0 Å². The number of carbonyl (C=O) groups excluding carboxylic acids is 1. The second-order valence-electron chi connectivity index (χ2n) is 7.70. The lowest BCUT2D eigenvalue weighted by atomic mass is 9.82. The Hall–Kier alpha value is -3.45. The van der Waals surface area contributed by atoms with E-state index in [0.29, 0.717) is 0 Å². The summed E-state index contributed by atoms with van der Waals surface area (Å²) in [6.45, 7) is 0. The molecule has 4 aromatic carbocycles. The van der Waals surface area contributed by atoms with Gasteiger partial charge in [-0.2, -0.15) is 0 Å². The Bertz CT molecular complexity index is 1060. The monoisotopic (exact) mass is 374 g/mol. The summed E-state index contributed by atoms with van der Waals surface area (Å²) in [4.78, 5) is 13.8. The standard InChI is InChI=1S/C28H22O/c29-27(22-15-7-2-8-16-22)26-25(21-13-5-1-6-14-21)28(26,23-17-9-3-10-18-23)24-19-11-4-12-20-24/h1-20,25-26H/t25-,26+/m0/s1. The molecule has 0 amide bonds. The Morgan fingerprint density at radius 2 is 0.966 bits per heavy atom. The molecule has 0 unspecified atom stereocenters. The number of carbonyl (C=O) groups is 1. The number of Topliss-reactive ketones (excluding diaryl/α,β-unsaturated/α-hetero) is 1. The number of ketones is 1. The normalized spacial score (nSPS) is 19.4. The molecule has 0 heterocycles. The van der Waals surface area contributed by atoms with Crippen molar-refractivity contribution in [3.8, 4) is 0 Å². The van der Waals surface area contributed by atoms with Crippen molar-refractivity contribution in [2.45, 2.75) is 11.3 Å². The molecule has 0 aromatic heterocycles. The van der Waals surface area contributed by atoms with Crippen molar-refractivity contribution in [1.82, 2.24) is 0 Å². The maximum atomic E-state index is 13.8. The maximum Gasteiger partial charge on any atom is 0.167 e. The van der Waals surface area contributed by atoms with Gasteiger partial charge in [0.2, 0.25) is 0 Å². The van der Waals surface area contributed by atoms with Crippen LogP contribution in [-0.2, 0) is 5.41 Å². The molecule has 0 radical (unpaired) electrons. The zero-order valence-electron chi connectivity index (χ0n) is 16.1. The summed E-state index contributed by atoms with van der Waals surface area (Å²) in [5.41, 5.74) is 4.06. The maximum absolute atomic E-state index is 13.8. The molecule has 0 N–H and O–H groups in total. The van der Waals surface area contributed by atoms with Crippen molar-refractivity contribution in [2.24, 2.45) is 5.92 Å². The molecule has 140 valence electrons. The zero-order valence-corrected chi connectivity index (χ0v) is 16.1. The quantitative estimate of drug-likeness (QED) is 0.376. The topological polar surface area (TPSA) is 17.1 Å². The van der Waals surface area contributed by atoms with Crippen LogP contribution in [0.5, 0.6) is 0 Å². The van der Waals surface area contributed by atoms with Gasteiger partial charge < -0.3 is 0 Å². The number of hydrogen-bond donors (Lipinski definition) is 0. The minimum absolute atomic E-state index is 0.112. The van der Waals surface area contributed by atoms with Gasteiger partial charge in [-0.05, 0) is 16.7 Å². The van der Waals surface area contributed by atoms with Crippen LogP contribution in [0.4, 0.5) is 0 Å². The summed E-state index contributed by atoms with van der Waals surface area (Å²) >= 11 is 0. The van der Waals surface area contributed by atoms with Crippen LogP contribution in [-0.4, -0.2) is 5.78 Å². The molecule has 1 aliphatic carbocycles. The summed E-state index contributed by atoms with van der Waals surface area (Å²) in [5.74, 6) is 0.200. The van der Waals surface area contributed by atoms with E-state index in [0.717, 1.165) is 5.56 Å². The Morgan fingerprint density at radius 3 is 1.45 bits per heavy atom. The van der Waals surface area contributed by atoms with Crippen LogP contribution in [0.3, 0.4) is 0 Å². The molecule has 4 aromatic rings. The molecule has 5 rings (SSSR count). The van der Waals surface area contributed by atoms with Crippen LogP contribution in [0.2, 0.25) is 0 Å². The molecule has 0 aliphatic heterocycles. The molecule has 1 fully saturated rings. The molecule has 0 saturated heterocycles. The first-order chi connectivity index (χ1) is 14.3. The van der Waals surface area contributed by atoms with Gasteiger partial charge in [0.15, 0.2) is 5.78 Å². The number of benzene rings is 4. The molecule has 2 atom stereocenters. The highest BCUT2D eigenvalue weighted by Crippen LogP contribution is 2.69. The first kappa shape index (κ1) is 17.6. The first-order valence-electron chi connectivity index (χ1n) is 10.1. The molecule has 1 saturated carbocycles. The Morgan fingerprint density at radius 1 is 0.552 bits per heavy atom. The molecule has 1 heteroatoms. The van der Waals surface area contributed by atoms with E-state index in [1.54, 1.807) is 0 Å². The minimum atomic E-state index is -0.350. The van der Waals surface area contributed by atoms with Crippen molar-refractivity contribution in [3.63, 3.8) is 0 Å². The Labute approximate surface area is 171 Å². The second kappa shape index (κ2) is 7.18. The zero-order chi connectivity index (χ0) is 19.7. The lowest BCUT2D eigenvalue weighted by molar-refractivity contribution is 0.0958. The second-order valence-corrected chi connectivity index (χ2v) is 7.70. The molecule has 1 nitrogen and oxygen atoms in total. The lowest BCUT2D eigenvalue weighted by Crippen LogP contribution is -2.17. The van der Waals surface area contributed by atoms with Crippen LogP contribution >= 0.6 is 0 Å². The SMILES string of the molecule is O=C(c1ccccc1)[C@H]1[C@H](c2ccccc2)C1(c1ccccc1)c1ccccc1. The molecule has 0 spiro atoms. The smallest absolute Gasteiger partial charge is 0.167 e. The first-order valence-corrected chi connectivity index (χ1v) is 10.1. The fourth-order valence-electron chi connectivity index (χ4n) is 4.96. The van der Waals surface area contributed by atoms with Crippen molar-refractivity contribution in [2.75, 3.05) is 0 Å². The minimum Gasteiger partial charge on any atom is -0.294 e. The fraction of sp³-hybridized carbons (Fsp3) is 0.107. The lowest BCUT2D eigenvalue weighted by Gasteiger charge is -2.20. The average Bonchev–Trinajstić information content (AvgIpc) is 3.52. The third kappa shape index (κ3) is 2.82. The van der Waals surface area contributed by atoms with E-state index in [-0.39, 0.29) is 23.0 Å².